The van der Waals surface area contributed by atoms with Crippen LogP contribution in [0.5, 0.6) is 0 Å². The van der Waals surface area contributed by atoms with Gasteiger partial charge in [-0.25, -0.2) is 12.6 Å². The van der Waals surface area contributed by atoms with Gasteiger partial charge in [0.05, 0.1) is 21.7 Å². The zero-order chi connectivity index (χ0) is 24.8. The zero-order valence-corrected chi connectivity index (χ0v) is 21.2. The van der Waals surface area contributed by atoms with Gasteiger partial charge in [-0.15, -0.1) is 0 Å². The number of benzene rings is 4. The van der Waals surface area contributed by atoms with E-state index in [1.165, 1.54) is 0 Å². The molecule has 0 aliphatic heterocycles. The molecule has 4 rings (SSSR count). The van der Waals surface area contributed by atoms with E-state index >= 15 is 0 Å². The summed E-state index contributed by atoms with van der Waals surface area (Å²) in [6, 6.07) is 32.0. The molecule has 0 unspecified atom stereocenters. The van der Waals surface area contributed by atoms with Gasteiger partial charge >= 0.3 is 0 Å². The van der Waals surface area contributed by atoms with Crippen LogP contribution in [0.25, 0.3) is 6.08 Å². The van der Waals surface area contributed by atoms with E-state index < -0.39 is 26.9 Å². The summed E-state index contributed by atoms with van der Waals surface area (Å²) in [7, 11) is -5.53. The van der Waals surface area contributed by atoms with Crippen molar-refractivity contribution < 1.29 is 12.6 Å². The van der Waals surface area contributed by atoms with Gasteiger partial charge in [-0.2, -0.15) is 4.72 Å². The molecule has 0 spiro atoms. The summed E-state index contributed by atoms with van der Waals surface area (Å²) < 4.78 is 43.7. The molecule has 0 radical (unpaired) electrons. The van der Waals surface area contributed by atoms with Crippen LogP contribution in [0.15, 0.2) is 124 Å². The standard InChI is InChI=1S/C29H27NO3S2/c1-22-13-17-26(18-14-22)34(31)28(21-24-9-5-3-6-10-24)29(25-11-7-4-8-12-25)30-35(32,33)27-19-15-23(2)16-20-27/h3-21,29-30H,1-2H3/b28-21+/t29-,34-/m0/s1. The van der Waals surface area contributed by atoms with Crippen molar-refractivity contribution in [2.75, 3.05) is 0 Å². The fourth-order valence-electron chi connectivity index (χ4n) is 3.63. The highest BCUT2D eigenvalue weighted by molar-refractivity contribution is 7.90. The largest absolute Gasteiger partial charge is 0.249 e. The van der Waals surface area contributed by atoms with E-state index in [0.29, 0.717) is 15.4 Å². The summed E-state index contributed by atoms with van der Waals surface area (Å²) in [5.41, 5.74) is 3.55. The monoisotopic (exact) mass is 501 g/mol. The lowest BCUT2D eigenvalue weighted by Crippen LogP contribution is -2.31. The molecule has 4 aromatic carbocycles. The molecule has 2 atom stereocenters. The normalized spacial score (nSPS) is 13.8. The van der Waals surface area contributed by atoms with E-state index in [9.17, 15) is 12.6 Å². The summed E-state index contributed by atoms with van der Waals surface area (Å²) in [5.74, 6) is 0. The first kappa shape index (κ1) is 24.8. The maximum absolute atomic E-state index is 14.0. The number of nitrogens with one attached hydrogen (secondary N) is 1. The molecule has 0 saturated heterocycles. The predicted molar refractivity (Wildman–Crippen MR) is 143 cm³/mol. The first-order valence-electron chi connectivity index (χ1n) is 11.2. The third kappa shape index (κ3) is 6.22. The molecule has 0 heterocycles. The van der Waals surface area contributed by atoms with Gasteiger partial charge in [0.25, 0.3) is 0 Å². The van der Waals surface area contributed by atoms with Crippen molar-refractivity contribution in [3.8, 4) is 0 Å². The molecule has 35 heavy (non-hydrogen) atoms. The third-order valence-electron chi connectivity index (χ3n) is 5.58. The van der Waals surface area contributed by atoms with E-state index in [0.717, 1.165) is 16.7 Å². The van der Waals surface area contributed by atoms with Crippen LogP contribution in [0.1, 0.15) is 28.3 Å². The van der Waals surface area contributed by atoms with Crippen LogP contribution in [-0.2, 0) is 20.8 Å². The molecule has 0 aliphatic carbocycles. The second-order valence-electron chi connectivity index (χ2n) is 8.32. The summed E-state index contributed by atoms with van der Waals surface area (Å²) >= 11 is 0. The highest BCUT2D eigenvalue weighted by Crippen LogP contribution is 2.32. The molecule has 4 aromatic rings. The van der Waals surface area contributed by atoms with Gasteiger partial charge in [-0.1, -0.05) is 96.1 Å². The molecule has 0 bridgehead atoms. The van der Waals surface area contributed by atoms with E-state index in [2.05, 4.69) is 4.72 Å². The van der Waals surface area contributed by atoms with Crippen molar-refractivity contribution in [1.82, 2.24) is 4.72 Å². The Morgan fingerprint density at radius 2 is 1.26 bits per heavy atom. The van der Waals surface area contributed by atoms with Crippen LogP contribution in [-0.4, -0.2) is 12.6 Å². The molecular formula is C29H27NO3S2. The Morgan fingerprint density at radius 1 is 0.743 bits per heavy atom. The van der Waals surface area contributed by atoms with Gasteiger partial charge in [0.1, 0.15) is 0 Å². The maximum atomic E-state index is 14.0. The summed E-state index contributed by atoms with van der Waals surface area (Å²) in [5, 5.41) is 0. The fraction of sp³-hybridized carbons (Fsp3) is 0.103. The van der Waals surface area contributed by atoms with Crippen molar-refractivity contribution in [3.05, 3.63) is 136 Å². The number of hydrogen-bond acceptors (Lipinski definition) is 3. The van der Waals surface area contributed by atoms with Gasteiger partial charge in [-0.3, -0.25) is 0 Å². The summed E-state index contributed by atoms with van der Waals surface area (Å²) in [6.07, 6.45) is 1.81. The zero-order valence-electron chi connectivity index (χ0n) is 19.6. The van der Waals surface area contributed by atoms with Gasteiger partial charge in [-0.05, 0) is 55.3 Å². The minimum atomic E-state index is -3.91. The van der Waals surface area contributed by atoms with Crippen molar-refractivity contribution >= 4 is 26.9 Å². The van der Waals surface area contributed by atoms with Crippen molar-refractivity contribution in [2.45, 2.75) is 29.7 Å². The van der Waals surface area contributed by atoms with Crippen LogP contribution in [0, 0.1) is 13.8 Å². The van der Waals surface area contributed by atoms with Gasteiger partial charge in [0, 0.05) is 9.80 Å². The molecule has 0 amide bonds. The molecule has 0 saturated carbocycles. The van der Waals surface area contributed by atoms with Crippen LogP contribution in [0.3, 0.4) is 0 Å². The molecular weight excluding hydrogens is 474 g/mol. The van der Waals surface area contributed by atoms with Crippen LogP contribution in [0.4, 0.5) is 0 Å². The molecule has 0 aromatic heterocycles. The Labute approximate surface area is 209 Å². The average molecular weight is 502 g/mol. The number of rotatable bonds is 8. The first-order chi connectivity index (χ1) is 16.8. The van der Waals surface area contributed by atoms with Crippen LogP contribution in [0.2, 0.25) is 0 Å². The molecule has 0 fully saturated rings. The fourth-order valence-corrected chi connectivity index (χ4v) is 6.22. The second-order valence-corrected chi connectivity index (χ2v) is 11.5. The van der Waals surface area contributed by atoms with E-state index in [1.54, 1.807) is 24.3 Å². The SMILES string of the molecule is Cc1ccc([S@](=O)/C(=C/c2ccccc2)[C@@H](NS(=O)(=O)c2ccc(C)cc2)c2ccccc2)cc1. The first-order valence-corrected chi connectivity index (χ1v) is 13.9. The Balaban J connectivity index is 1.86. The number of hydrogen-bond donors (Lipinski definition) is 1. The van der Waals surface area contributed by atoms with E-state index in [-0.39, 0.29) is 4.90 Å². The van der Waals surface area contributed by atoms with Gasteiger partial charge in [0.15, 0.2) is 0 Å². The molecule has 4 nitrogen and oxygen atoms in total. The molecule has 178 valence electrons. The van der Waals surface area contributed by atoms with Crippen LogP contribution >= 0.6 is 0 Å². The lowest BCUT2D eigenvalue weighted by molar-refractivity contribution is 0.573. The Hall–Kier alpha value is -3.32. The topological polar surface area (TPSA) is 63.2 Å². The van der Waals surface area contributed by atoms with Gasteiger partial charge in [0.2, 0.25) is 10.0 Å². The minimum absolute atomic E-state index is 0.157. The van der Waals surface area contributed by atoms with Gasteiger partial charge < -0.3 is 0 Å². The van der Waals surface area contributed by atoms with E-state index in [1.807, 2.05) is 105 Å². The Bertz CT molecular complexity index is 1430. The highest BCUT2D eigenvalue weighted by atomic mass is 32.2. The predicted octanol–water partition coefficient (Wildman–Crippen LogP) is 6.17. The second kappa shape index (κ2) is 11.0. The smallest absolute Gasteiger partial charge is 0.241 e. The van der Waals surface area contributed by atoms with Crippen molar-refractivity contribution in [3.63, 3.8) is 0 Å². The third-order valence-corrected chi connectivity index (χ3v) is 8.50. The maximum Gasteiger partial charge on any atom is 0.241 e. The Morgan fingerprint density at radius 3 is 1.83 bits per heavy atom. The molecule has 1 N–H and O–H groups in total. The summed E-state index contributed by atoms with van der Waals surface area (Å²) in [4.78, 5) is 1.21. The average Bonchev–Trinajstić information content (AvgIpc) is 2.87. The number of aryl methyl sites for hydroxylation is 2. The minimum Gasteiger partial charge on any atom is -0.249 e. The highest BCUT2D eigenvalue weighted by Gasteiger charge is 2.28. The number of sulfonamides is 1. The quantitative estimate of drug-likeness (QED) is 0.314. The summed E-state index contributed by atoms with van der Waals surface area (Å²) in [6.45, 7) is 3.87. The van der Waals surface area contributed by atoms with Crippen molar-refractivity contribution in [2.24, 2.45) is 0 Å². The lowest BCUT2D eigenvalue weighted by atomic mass is 10.1. The van der Waals surface area contributed by atoms with Crippen LogP contribution < -0.4 is 4.72 Å². The Kier molecular flexibility index (Phi) is 7.76. The molecule has 6 heteroatoms. The van der Waals surface area contributed by atoms with E-state index in [4.69, 9.17) is 0 Å². The van der Waals surface area contributed by atoms with Crippen molar-refractivity contribution in [1.29, 1.82) is 0 Å². The molecule has 0 aliphatic rings. The lowest BCUT2D eigenvalue weighted by Gasteiger charge is -2.23.